The zero-order chi connectivity index (χ0) is 12.1. The second-order valence-corrected chi connectivity index (χ2v) is 6.30. The summed E-state index contributed by atoms with van der Waals surface area (Å²) < 4.78 is 0.880. The Morgan fingerprint density at radius 3 is 2.88 bits per heavy atom. The highest BCUT2D eigenvalue weighted by Crippen LogP contribution is 2.24. The van der Waals surface area contributed by atoms with Crippen LogP contribution in [0, 0.1) is 0 Å². The first-order valence-corrected chi connectivity index (χ1v) is 7.71. The van der Waals surface area contributed by atoms with Gasteiger partial charge in [-0.3, -0.25) is 0 Å². The first kappa shape index (κ1) is 13.3. The van der Waals surface area contributed by atoms with Crippen molar-refractivity contribution in [2.75, 3.05) is 26.2 Å². The highest BCUT2D eigenvalue weighted by Gasteiger charge is 2.11. The summed E-state index contributed by atoms with van der Waals surface area (Å²) >= 11 is 7.55. The number of hydrogen-bond acceptors (Lipinski definition) is 3. The second kappa shape index (κ2) is 6.74. The number of nitrogens with zero attached hydrogens (tertiary/aromatic N) is 1. The van der Waals surface area contributed by atoms with Crippen LogP contribution in [0.1, 0.15) is 37.8 Å². The van der Waals surface area contributed by atoms with E-state index in [2.05, 4.69) is 28.6 Å². The lowest BCUT2D eigenvalue weighted by molar-refractivity contribution is 0.328. The van der Waals surface area contributed by atoms with Gasteiger partial charge >= 0.3 is 0 Å². The molecule has 2 rings (SSSR count). The third-order valence-corrected chi connectivity index (χ3v) is 4.50. The van der Waals surface area contributed by atoms with E-state index in [-0.39, 0.29) is 0 Å². The molecule has 0 radical (unpaired) electrons. The van der Waals surface area contributed by atoms with Gasteiger partial charge in [-0.2, -0.15) is 0 Å². The van der Waals surface area contributed by atoms with Crippen molar-refractivity contribution in [3.05, 3.63) is 21.3 Å². The van der Waals surface area contributed by atoms with E-state index in [1.54, 1.807) is 11.3 Å². The topological polar surface area (TPSA) is 15.3 Å². The summed E-state index contributed by atoms with van der Waals surface area (Å²) in [5, 5.41) is 5.70. The molecule has 0 aromatic carbocycles. The van der Waals surface area contributed by atoms with Crippen molar-refractivity contribution >= 4 is 22.9 Å². The van der Waals surface area contributed by atoms with Gasteiger partial charge in [-0.1, -0.05) is 11.6 Å². The van der Waals surface area contributed by atoms with Crippen molar-refractivity contribution < 1.29 is 0 Å². The summed E-state index contributed by atoms with van der Waals surface area (Å²) in [7, 11) is 0. The summed E-state index contributed by atoms with van der Waals surface area (Å²) in [5.41, 5.74) is 1.31. The standard InChI is InChI=1S/C13H21ClN2S/c1-11(12-9-13(14)17-10-12)15-5-4-8-16-6-2-3-7-16/h9-11,15H,2-8H2,1H3. The predicted octanol–water partition coefficient (Wildman–Crippen LogP) is 3.54. The Balaban J connectivity index is 1.61. The molecule has 0 aliphatic carbocycles. The number of likely N-dealkylation sites (tertiary alicyclic amines) is 1. The van der Waals surface area contributed by atoms with Crippen molar-refractivity contribution in [2.45, 2.75) is 32.2 Å². The third kappa shape index (κ3) is 4.25. The molecule has 96 valence electrons. The molecule has 2 nitrogen and oxygen atoms in total. The lowest BCUT2D eigenvalue weighted by atomic mass is 10.2. The molecule has 1 fully saturated rings. The molecule has 4 heteroatoms. The Bertz CT molecular complexity index is 334. The van der Waals surface area contributed by atoms with Crippen LogP contribution in [0.5, 0.6) is 0 Å². The highest BCUT2D eigenvalue weighted by atomic mass is 35.5. The number of halogens is 1. The molecule has 17 heavy (non-hydrogen) atoms. The van der Waals surface area contributed by atoms with Crippen molar-refractivity contribution in [3.63, 3.8) is 0 Å². The Morgan fingerprint density at radius 1 is 1.47 bits per heavy atom. The van der Waals surface area contributed by atoms with E-state index in [9.17, 15) is 0 Å². The van der Waals surface area contributed by atoms with Gasteiger partial charge in [-0.05, 0) is 69.4 Å². The smallest absolute Gasteiger partial charge is 0.0931 e. The molecule has 0 spiro atoms. The Hall–Kier alpha value is -0.0900. The van der Waals surface area contributed by atoms with Gasteiger partial charge in [0.15, 0.2) is 0 Å². The van der Waals surface area contributed by atoms with Crippen LogP contribution >= 0.6 is 22.9 Å². The Kier molecular flexibility index (Phi) is 5.29. The third-order valence-electron chi connectivity index (χ3n) is 3.39. The van der Waals surface area contributed by atoms with E-state index >= 15 is 0 Å². The van der Waals surface area contributed by atoms with Gasteiger partial charge in [-0.25, -0.2) is 0 Å². The van der Waals surface area contributed by atoms with E-state index in [1.807, 2.05) is 0 Å². The van der Waals surface area contributed by atoms with Crippen LogP contribution in [0.25, 0.3) is 0 Å². The molecule has 1 unspecified atom stereocenters. The maximum Gasteiger partial charge on any atom is 0.0931 e. The predicted molar refractivity (Wildman–Crippen MR) is 76.0 cm³/mol. The molecule has 1 aromatic heterocycles. The first-order chi connectivity index (χ1) is 8.25. The lowest BCUT2D eigenvalue weighted by Crippen LogP contribution is -2.26. The summed E-state index contributed by atoms with van der Waals surface area (Å²) in [5.74, 6) is 0. The fraction of sp³-hybridized carbons (Fsp3) is 0.692. The van der Waals surface area contributed by atoms with Crippen molar-refractivity contribution in [3.8, 4) is 0 Å². The lowest BCUT2D eigenvalue weighted by Gasteiger charge is -2.16. The maximum absolute atomic E-state index is 5.94. The minimum absolute atomic E-state index is 0.414. The molecule has 1 aliphatic rings. The molecule has 0 saturated carbocycles. The van der Waals surface area contributed by atoms with Gasteiger partial charge in [0.2, 0.25) is 0 Å². The van der Waals surface area contributed by atoms with Crippen molar-refractivity contribution in [1.82, 2.24) is 10.2 Å². The Morgan fingerprint density at radius 2 is 2.24 bits per heavy atom. The van der Waals surface area contributed by atoms with Gasteiger partial charge in [0, 0.05) is 6.04 Å². The largest absolute Gasteiger partial charge is 0.310 e. The summed E-state index contributed by atoms with van der Waals surface area (Å²) in [6.45, 7) is 7.13. The number of rotatable bonds is 6. The van der Waals surface area contributed by atoms with Gasteiger partial charge < -0.3 is 10.2 Å². The first-order valence-electron chi connectivity index (χ1n) is 6.45. The SMILES string of the molecule is CC(NCCCN1CCCC1)c1csc(Cl)c1. The monoisotopic (exact) mass is 272 g/mol. The minimum atomic E-state index is 0.414. The van der Waals surface area contributed by atoms with Gasteiger partial charge in [0.1, 0.15) is 0 Å². The van der Waals surface area contributed by atoms with Crippen LogP contribution in [0.3, 0.4) is 0 Å². The normalized spacial score (nSPS) is 18.7. The molecule has 0 amide bonds. The fourth-order valence-electron chi connectivity index (χ4n) is 2.30. The molecule has 2 heterocycles. The average Bonchev–Trinajstić information content (AvgIpc) is 2.95. The number of thiophene rings is 1. The summed E-state index contributed by atoms with van der Waals surface area (Å²) in [6.07, 6.45) is 4.01. The minimum Gasteiger partial charge on any atom is -0.310 e. The van der Waals surface area contributed by atoms with E-state index in [1.165, 1.54) is 44.5 Å². The molecule has 1 saturated heterocycles. The van der Waals surface area contributed by atoms with Crippen molar-refractivity contribution in [2.24, 2.45) is 0 Å². The number of hydrogen-bond donors (Lipinski definition) is 1. The van der Waals surface area contributed by atoms with Crippen LogP contribution in [-0.2, 0) is 0 Å². The summed E-state index contributed by atoms with van der Waals surface area (Å²) in [6, 6.07) is 2.47. The molecule has 1 N–H and O–H groups in total. The van der Waals surface area contributed by atoms with Gasteiger partial charge in [-0.15, -0.1) is 11.3 Å². The van der Waals surface area contributed by atoms with Crippen LogP contribution < -0.4 is 5.32 Å². The number of nitrogens with one attached hydrogen (secondary N) is 1. The van der Waals surface area contributed by atoms with Crippen LogP contribution in [0.4, 0.5) is 0 Å². The van der Waals surface area contributed by atoms with E-state index < -0.39 is 0 Å². The van der Waals surface area contributed by atoms with Crippen LogP contribution in [0.15, 0.2) is 11.4 Å². The van der Waals surface area contributed by atoms with Crippen LogP contribution in [-0.4, -0.2) is 31.1 Å². The van der Waals surface area contributed by atoms with Gasteiger partial charge in [0.25, 0.3) is 0 Å². The molecule has 1 atom stereocenters. The Labute approximate surface area is 113 Å². The zero-order valence-electron chi connectivity index (χ0n) is 10.4. The average molecular weight is 273 g/mol. The van der Waals surface area contributed by atoms with E-state index in [0.717, 1.165) is 10.9 Å². The second-order valence-electron chi connectivity index (χ2n) is 4.76. The van der Waals surface area contributed by atoms with E-state index in [0.29, 0.717) is 6.04 Å². The molecule has 0 bridgehead atoms. The fourth-order valence-corrected chi connectivity index (χ4v) is 3.28. The molecule has 1 aromatic rings. The van der Waals surface area contributed by atoms with Crippen LogP contribution in [0.2, 0.25) is 4.34 Å². The zero-order valence-corrected chi connectivity index (χ0v) is 12.0. The quantitative estimate of drug-likeness (QED) is 0.797. The van der Waals surface area contributed by atoms with Crippen molar-refractivity contribution in [1.29, 1.82) is 0 Å². The molecular weight excluding hydrogens is 252 g/mol. The molecule has 1 aliphatic heterocycles. The highest BCUT2D eigenvalue weighted by molar-refractivity contribution is 7.14. The summed E-state index contributed by atoms with van der Waals surface area (Å²) in [4.78, 5) is 2.56. The van der Waals surface area contributed by atoms with Gasteiger partial charge in [0.05, 0.1) is 4.34 Å². The maximum atomic E-state index is 5.94. The van der Waals surface area contributed by atoms with E-state index in [4.69, 9.17) is 11.6 Å². The molecular formula is C13H21ClN2S.